The van der Waals surface area contributed by atoms with E-state index in [-0.39, 0.29) is 16.6 Å². The molecule has 0 saturated heterocycles. The van der Waals surface area contributed by atoms with Crippen LogP contribution in [0.3, 0.4) is 0 Å². The van der Waals surface area contributed by atoms with E-state index >= 15 is 0 Å². The first-order valence-electron chi connectivity index (χ1n) is 7.32. The van der Waals surface area contributed by atoms with Gasteiger partial charge in [-0.25, -0.2) is 4.98 Å². The molecule has 1 aromatic carbocycles. The fourth-order valence-corrected chi connectivity index (χ4v) is 2.51. The Bertz CT molecular complexity index is 948. The Morgan fingerprint density at radius 2 is 2.00 bits per heavy atom. The number of hydrogen-bond acceptors (Lipinski definition) is 6. The summed E-state index contributed by atoms with van der Waals surface area (Å²) in [6, 6.07) is 8.06. The fraction of sp³-hybridized carbons (Fsp3) is 0.118. The fourth-order valence-electron chi connectivity index (χ4n) is 2.22. The van der Waals surface area contributed by atoms with E-state index in [0.717, 1.165) is 5.56 Å². The van der Waals surface area contributed by atoms with Gasteiger partial charge in [-0.1, -0.05) is 11.6 Å². The van der Waals surface area contributed by atoms with Crippen molar-refractivity contribution in [3.63, 3.8) is 0 Å². The summed E-state index contributed by atoms with van der Waals surface area (Å²) < 4.78 is 5.76. The Balaban J connectivity index is 2.00. The Morgan fingerprint density at radius 3 is 2.68 bits per heavy atom. The zero-order chi connectivity index (χ0) is 18.0. The van der Waals surface area contributed by atoms with Crippen molar-refractivity contribution in [1.29, 1.82) is 0 Å². The van der Waals surface area contributed by atoms with Gasteiger partial charge in [-0.15, -0.1) is 0 Å². The molecule has 0 N–H and O–H groups in total. The SMILES string of the molecule is Cc1cc(Oc2cc([N+](=O)[O-])c(Cl)cc2C)nc(-c2cccnc2)n1. The molecule has 3 aromatic rings. The molecule has 0 radical (unpaired) electrons. The number of benzene rings is 1. The molecule has 0 unspecified atom stereocenters. The number of hydrogen-bond donors (Lipinski definition) is 0. The van der Waals surface area contributed by atoms with Gasteiger partial charge >= 0.3 is 0 Å². The molecule has 25 heavy (non-hydrogen) atoms. The summed E-state index contributed by atoms with van der Waals surface area (Å²) in [5.41, 5.74) is 1.88. The normalized spacial score (nSPS) is 10.5. The minimum atomic E-state index is -0.555. The smallest absolute Gasteiger partial charge is 0.291 e. The first-order chi connectivity index (χ1) is 11.9. The lowest BCUT2D eigenvalue weighted by Gasteiger charge is -2.10. The van der Waals surface area contributed by atoms with Crippen molar-refractivity contribution in [3.8, 4) is 23.0 Å². The van der Waals surface area contributed by atoms with Crippen LogP contribution in [0.25, 0.3) is 11.4 Å². The van der Waals surface area contributed by atoms with E-state index in [2.05, 4.69) is 15.0 Å². The summed E-state index contributed by atoms with van der Waals surface area (Å²) in [5.74, 6) is 1.06. The standard InChI is InChI=1S/C17H13ClN4O3/c1-10-6-13(18)14(22(23)24)8-15(10)25-16-7-11(2)20-17(21-16)12-4-3-5-19-9-12/h3-9H,1-2H3. The predicted molar refractivity (Wildman–Crippen MR) is 92.9 cm³/mol. The second kappa shape index (κ2) is 6.82. The zero-order valence-electron chi connectivity index (χ0n) is 13.4. The number of aromatic nitrogens is 3. The quantitative estimate of drug-likeness (QED) is 0.504. The molecule has 0 atom stereocenters. The van der Waals surface area contributed by atoms with Crippen LogP contribution in [0.4, 0.5) is 5.69 Å². The summed E-state index contributed by atoms with van der Waals surface area (Å²) in [4.78, 5) is 23.3. The molecule has 0 amide bonds. The summed E-state index contributed by atoms with van der Waals surface area (Å²) >= 11 is 5.90. The summed E-state index contributed by atoms with van der Waals surface area (Å²) in [7, 11) is 0. The summed E-state index contributed by atoms with van der Waals surface area (Å²) in [6.07, 6.45) is 3.31. The molecular weight excluding hydrogens is 344 g/mol. The van der Waals surface area contributed by atoms with E-state index in [1.165, 1.54) is 12.1 Å². The van der Waals surface area contributed by atoms with Crippen LogP contribution >= 0.6 is 11.6 Å². The summed E-state index contributed by atoms with van der Waals surface area (Å²) in [5, 5.41) is 11.1. The molecule has 2 aromatic heterocycles. The van der Waals surface area contributed by atoms with Crippen LogP contribution in [-0.2, 0) is 0 Å². The first kappa shape index (κ1) is 16.8. The van der Waals surface area contributed by atoms with E-state index in [1.807, 2.05) is 13.0 Å². The highest BCUT2D eigenvalue weighted by Gasteiger charge is 2.17. The lowest BCUT2D eigenvalue weighted by Crippen LogP contribution is -1.98. The molecule has 0 spiro atoms. The van der Waals surface area contributed by atoms with E-state index in [1.54, 1.807) is 31.5 Å². The van der Waals surface area contributed by atoms with E-state index in [9.17, 15) is 10.1 Å². The van der Waals surface area contributed by atoms with Gasteiger partial charge in [0.05, 0.1) is 11.0 Å². The van der Waals surface area contributed by atoms with Crippen molar-refractivity contribution in [2.45, 2.75) is 13.8 Å². The van der Waals surface area contributed by atoms with Crippen LogP contribution in [0.15, 0.2) is 42.7 Å². The van der Waals surface area contributed by atoms with Gasteiger partial charge in [-0.3, -0.25) is 15.1 Å². The Kier molecular flexibility index (Phi) is 4.58. The van der Waals surface area contributed by atoms with Crippen molar-refractivity contribution >= 4 is 17.3 Å². The molecule has 8 heteroatoms. The number of halogens is 1. The Labute approximate surface area is 148 Å². The minimum absolute atomic E-state index is 0.0600. The van der Waals surface area contributed by atoms with E-state index < -0.39 is 4.92 Å². The van der Waals surface area contributed by atoms with Gasteiger partial charge in [-0.2, -0.15) is 4.98 Å². The number of pyridine rings is 1. The number of nitro groups is 1. The lowest BCUT2D eigenvalue weighted by molar-refractivity contribution is -0.384. The maximum Gasteiger partial charge on any atom is 0.291 e. The molecule has 0 saturated carbocycles. The molecule has 3 rings (SSSR count). The maximum atomic E-state index is 11.1. The molecular formula is C17H13ClN4O3. The van der Waals surface area contributed by atoms with Crippen LogP contribution in [0.2, 0.25) is 5.02 Å². The number of ether oxygens (including phenoxy) is 1. The molecule has 0 fully saturated rings. The van der Waals surface area contributed by atoms with Crippen LogP contribution in [0, 0.1) is 24.0 Å². The van der Waals surface area contributed by atoms with Crippen molar-refractivity contribution in [2.75, 3.05) is 0 Å². The van der Waals surface area contributed by atoms with Gasteiger partial charge < -0.3 is 4.74 Å². The third-order valence-electron chi connectivity index (χ3n) is 3.41. The average Bonchev–Trinajstić information content (AvgIpc) is 2.57. The molecule has 126 valence electrons. The Hall–Kier alpha value is -3.06. The molecule has 0 bridgehead atoms. The van der Waals surface area contributed by atoms with Crippen LogP contribution < -0.4 is 4.74 Å². The monoisotopic (exact) mass is 356 g/mol. The van der Waals surface area contributed by atoms with Crippen molar-refractivity contribution < 1.29 is 9.66 Å². The first-order valence-corrected chi connectivity index (χ1v) is 7.70. The zero-order valence-corrected chi connectivity index (χ0v) is 14.2. The number of rotatable bonds is 4. The Morgan fingerprint density at radius 1 is 1.20 bits per heavy atom. The summed E-state index contributed by atoms with van der Waals surface area (Å²) in [6.45, 7) is 3.56. The van der Waals surface area contributed by atoms with Gasteiger partial charge in [0.15, 0.2) is 5.82 Å². The average molecular weight is 357 g/mol. The molecule has 7 nitrogen and oxygen atoms in total. The maximum absolute atomic E-state index is 11.1. The van der Waals surface area contributed by atoms with E-state index in [4.69, 9.17) is 16.3 Å². The van der Waals surface area contributed by atoms with Gasteiger partial charge in [0.25, 0.3) is 5.69 Å². The van der Waals surface area contributed by atoms with Crippen molar-refractivity contribution in [1.82, 2.24) is 15.0 Å². The number of nitro benzene ring substituents is 1. The molecule has 0 aliphatic carbocycles. The van der Waals surface area contributed by atoms with Gasteiger partial charge in [0.2, 0.25) is 5.88 Å². The lowest BCUT2D eigenvalue weighted by atomic mass is 10.2. The van der Waals surface area contributed by atoms with Crippen LogP contribution in [-0.4, -0.2) is 19.9 Å². The third kappa shape index (κ3) is 3.72. The van der Waals surface area contributed by atoms with E-state index in [0.29, 0.717) is 22.8 Å². The highest BCUT2D eigenvalue weighted by Crippen LogP contribution is 2.34. The third-order valence-corrected chi connectivity index (χ3v) is 3.71. The van der Waals surface area contributed by atoms with Crippen LogP contribution in [0.5, 0.6) is 11.6 Å². The highest BCUT2D eigenvalue weighted by molar-refractivity contribution is 6.32. The molecule has 0 aliphatic heterocycles. The van der Waals surface area contributed by atoms with Crippen molar-refractivity contribution in [3.05, 3.63) is 69.1 Å². The van der Waals surface area contributed by atoms with Crippen LogP contribution in [0.1, 0.15) is 11.3 Å². The molecule has 0 aliphatic rings. The topological polar surface area (TPSA) is 91.0 Å². The predicted octanol–water partition coefficient (Wildman–Crippen LogP) is 4.51. The highest BCUT2D eigenvalue weighted by atomic mass is 35.5. The second-order valence-corrected chi connectivity index (χ2v) is 5.75. The van der Waals surface area contributed by atoms with Gasteiger partial charge in [0, 0.05) is 29.7 Å². The molecule has 2 heterocycles. The second-order valence-electron chi connectivity index (χ2n) is 5.34. The minimum Gasteiger partial charge on any atom is -0.438 e. The number of aryl methyl sites for hydroxylation is 2. The largest absolute Gasteiger partial charge is 0.438 e. The van der Waals surface area contributed by atoms with Gasteiger partial charge in [-0.05, 0) is 37.6 Å². The number of nitrogens with zero attached hydrogens (tertiary/aromatic N) is 4. The van der Waals surface area contributed by atoms with Gasteiger partial charge in [0.1, 0.15) is 10.8 Å². The van der Waals surface area contributed by atoms with Crippen molar-refractivity contribution in [2.24, 2.45) is 0 Å².